The molecule has 8 heteroatoms. The third-order valence-electron chi connectivity index (χ3n) is 3.84. The van der Waals surface area contributed by atoms with Gasteiger partial charge in [-0.15, -0.1) is 0 Å². The van der Waals surface area contributed by atoms with Gasteiger partial charge in [0.1, 0.15) is 18.1 Å². The van der Waals surface area contributed by atoms with Crippen LogP contribution in [0.15, 0.2) is 42.5 Å². The summed E-state index contributed by atoms with van der Waals surface area (Å²) in [5.74, 6) is 0.834. The fourth-order valence-electron chi connectivity index (χ4n) is 2.31. The van der Waals surface area contributed by atoms with Crippen LogP contribution in [-0.4, -0.2) is 39.5 Å². The molecule has 0 heterocycles. The zero-order valence-corrected chi connectivity index (χ0v) is 17.6. The summed E-state index contributed by atoms with van der Waals surface area (Å²) in [4.78, 5) is 12.2. The SMILES string of the molecule is CC(C)c1ccc(OCC(=O)Nc2cc(Cl)ccc2OCCS(C)(=O)=O)cc1. The zero-order valence-electron chi connectivity index (χ0n) is 16.1. The first-order valence-corrected chi connectivity index (χ1v) is 11.2. The number of sulfone groups is 1. The van der Waals surface area contributed by atoms with Crippen molar-refractivity contribution in [3.8, 4) is 11.5 Å². The van der Waals surface area contributed by atoms with Crippen LogP contribution < -0.4 is 14.8 Å². The highest BCUT2D eigenvalue weighted by Gasteiger charge is 2.11. The van der Waals surface area contributed by atoms with Gasteiger partial charge < -0.3 is 14.8 Å². The predicted molar refractivity (Wildman–Crippen MR) is 111 cm³/mol. The lowest BCUT2D eigenvalue weighted by Gasteiger charge is -2.13. The van der Waals surface area contributed by atoms with Crippen molar-refractivity contribution in [1.29, 1.82) is 0 Å². The number of rotatable bonds is 9. The van der Waals surface area contributed by atoms with Crippen LogP contribution in [0.5, 0.6) is 11.5 Å². The number of hydrogen-bond acceptors (Lipinski definition) is 5. The minimum absolute atomic E-state index is 0.0258. The summed E-state index contributed by atoms with van der Waals surface area (Å²) in [5, 5.41) is 3.09. The van der Waals surface area contributed by atoms with Crippen LogP contribution in [0.2, 0.25) is 5.02 Å². The highest BCUT2D eigenvalue weighted by Crippen LogP contribution is 2.28. The van der Waals surface area contributed by atoms with Gasteiger partial charge in [0.15, 0.2) is 16.4 Å². The van der Waals surface area contributed by atoms with Crippen LogP contribution in [0.1, 0.15) is 25.3 Å². The molecular formula is C20H24ClNO5S. The van der Waals surface area contributed by atoms with Gasteiger partial charge in [-0.2, -0.15) is 0 Å². The van der Waals surface area contributed by atoms with Crippen molar-refractivity contribution in [2.45, 2.75) is 19.8 Å². The third-order valence-corrected chi connectivity index (χ3v) is 4.99. The number of carbonyl (C=O) groups is 1. The van der Waals surface area contributed by atoms with Crippen LogP contribution in [-0.2, 0) is 14.6 Å². The topological polar surface area (TPSA) is 81.7 Å². The number of anilines is 1. The summed E-state index contributed by atoms with van der Waals surface area (Å²) >= 11 is 5.99. The number of benzene rings is 2. The Bertz CT molecular complexity index is 911. The number of ether oxygens (including phenoxy) is 2. The van der Waals surface area contributed by atoms with Gasteiger partial charge in [-0.05, 0) is 41.8 Å². The standard InChI is InChI=1S/C20H24ClNO5S/c1-14(2)15-4-7-17(8-5-15)27-13-20(23)22-18-12-16(21)6-9-19(18)26-10-11-28(3,24)25/h4-9,12,14H,10-11,13H2,1-3H3,(H,22,23). The maximum absolute atomic E-state index is 12.2. The third kappa shape index (κ3) is 7.40. The van der Waals surface area contributed by atoms with Gasteiger partial charge in [0.2, 0.25) is 0 Å². The molecule has 1 amide bonds. The van der Waals surface area contributed by atoms with Crippen LogP contribution in [0.25, 0.3) is 0 Å². The van der Waals surface area contributed by atoms with E-state index < -0.39 is 9.84 Å². The number of carbonyl (C=O) groups excluding carboxylic acids is 1. The number of amides is 1. The fourth-order valence-corrected chi connectivity index (χ4v) is 2.87. The van der Waals surface area contributed by atoms with Crippen molar-refractivity contribution in [3.05, 3.63) is 53.1 Å². The molecule has 0 bridgehead atoms. The average Bonchev–Trinajstić information content (AvgIpc) is 2.61. The average molecular weight is 426 g/mol. The molecule has 0 aliphatic carbocycles. The van der Waals surface area contributed by atoms with Gasteiger partial charge in [0.05, 0.1) is 11.4 Å². The second-order valence-corrected chi connectivity index (χ2v) is 9.38. The van der Waals surface area contributed by atoms with E-state index in [2.05, 4.69) is 19.2 Å². The lowest BCUT2D eigenvalue weighted by atomic mass is 10.0. The normalized spacial score (nSPS) is 11.3. The molecule has 2 aromatic rings. The van der Waals surface area contributed by atoms with E-state index in [4.69, 9.17) is 21.1 Å². The quantitative estimate of drug-likeness (QED) is 0.658. The van der Waals surface area contributed by atoms with Crippen molar-refractivity contribution in [2.75, 3.05) is 30.5 Å². The van der Waals surface area contributed by atoms with Crippen LogP contribution in [0.4, 0.5) is 5.69 Å². The molecule has 0 saturated carbocycles. The highest BCUT2D eigenvalue weighted by molar-refractivity contribution is 7.90. The monoisotopic (exact) mass is 425 g/mol. The Kier molecular flexibility index (Phi) is 7.71. The molecule has 0 unspecified atom stereocenters. The first kappa shape index (κ1) is 22.0. The Morgan fingerprint density at radius 2 is 1.79 bits per heavy atom. The maximum atomic E-state index is 12.2. The van der Waals surface area contributed by atoms with E-state index in [0.29, 0.717) is 28.1 Å². The molecule has 0 fully saturated rings. The van der Waals surface area contributed by atoms with Crippen LogP contribution in [0, 0.1) is 0 Å². The second-order valence-electron chi connectivity index (χ2n) is 6.68. The molecule has 28 heavy (non-hydrogen) atoms. The van der Waals surface area contributed by atoms with Gasteiger partial charge in [-0.25, -0.2) is 8.42 Å². The van der Waals surface area contributed by atoms with E-state index in [-0.39, 0.29) is 24.9 Å². The molecule has 0 aromatic heterocycles. The first-order valence-electron chi connectivity index (χ1n) is 8.77. The molecule has 0 atom stereocenters. The largest absolute Gasteiger partial charge is 0.490 e. The van der Waals surface area contributed by atoms with Gasteiger partial charge >= 0.3 is 0 Å². The smallest absolute Gasteiger partial charge is 0.262 e. The minimum Gasteiger partial charge on any atom is -0.490 e. The molecule has 0 aliphatic heterocycles. The summed E-state index contributed by atoms with van der Waals surface area (Å²) in [6.07, 6.45) is 1.13. The number of nitrogens with one attached hydrogen (secondary N) is 1. The highest BCUT2D eigenvalue weighted by atomic mass is 35.5. The van der Waals surface area contributed by atoms with Gasteiger partial charge in [-0.1, -0.05) is 37.6 Å². The van der Waals surface area contributed by atoms with E-state index in [1.807, 2.05) is 24.3 Å². The van der Waals surface area contributed by atoms with Gasteiger partial charge in [0.25, 0.3) is 5.91 Å². The molecule has 0 radical (unpaired) electrons. The molecule has 0 saturated heterocycles. The zero-order chi connectivity index (χ0) is 20.7. The summed E-state index contributed by atoms with van der Waals surface area (Å²) in [6, 6.07) is 12.3. The fraction of sp³-hybridized carbons (Fsp3) is 0.350. The second kappa shape index (κ2) is 9.80. The summed E-state index contributed by atoms with van der Waals surface area (Å²) < 4.78 is 33.4. The predicted octanol–water partition coefficient (Wildman–Crippen LogP) is 3.90. The Morgan fingerprint density at radius 1 is 1.11 bits per heavy atom. The van der Waals surface area contributed by atoms with Crippen molar-refractivity contribution >= 4 is 33.0 Å². The Labute approximate surface area is 170 Å². The van der Waals surface area contributed by atoms with Crippen molar-refractivity contribution in [2.24, 2.45) is 0 Å². The maximum Gasteiger partial charge on any atom is 0.262 e. The first-order chi connectivity index (χ1) is 13.1. The summed E-state index contributed by atoms with van der Waals surface area (Å²) in [5.41, 5.74) is 1.54. The van der Waals surface area contributed by atoms with E-state index in [1.54, 1.807) is 12.1 Å². The Morgan fingerprint density at radius 3 is 2.39 bits per heavy atom. The van der Waals surface area contributed by atoms with E-state index in [9.17, 15) is 13.2 Å². The van der Waals surface area contributed by atoms with Crippen LogP contribution >= 0.6 is 11.6 Å². The molecule has 152 valence electrons. The van der Waals surface area contributed by atoms with Crippen molar-refractivity contribution in [3.63, 3.8) is 0 Å². The summed E-state index contributed by atoms with van der Waals surface area (Å²) in [7, 11) is -3.14. The number of halogens is 1. The summed E-state index contributed by atoms with van der Waals surface area (Å²) in [6.45, 7) is 3.99. The van der Waals surface area contributed by atoms with E-state index in [1.165, 1.54) is 11.6 Å². The van der Waals surface area contributed by atoms with E-state index in [0.717, 1.165) is 6.26 Å². The van der Waals surface area contributed by atoms with Gasteiger partial charge in [-0.3, -0.25) is 4.79 Å². The molecule has 2 rings (SSSR count). The minimum atomic E-state index is -3.14. The molecule has 0 aliphatic rings. The molecule has 6 nitrogen and oxygen atoms in total. The van der Waals surface area contributed by atoms with Crippen molar-refractivity contribution in [1.82, 2.24) is 0 Å². The Balaban J connectivity index is 1.95. The number of hydrogen-bond donors (Lipinski definition) is 1. The van der Waals surface area contributed by atoms with Crippen LogP contribution in [0.3, 0.4) is 0 Å². The molecule has 2 aromatic carbocycles. The van der Waals surface area contributed by atoms with Crippen molar-refractivity contribution < 1.29 is 22.7 Å². The van der Waals surface area contributed by atoms with Gasteiger partial charge in [0, 0.05) is 11.3 Å². The molecule has 1 N–H and O–H groups in total. The Hall–Kier alpha value is -2.25. The van der Waals surface area contributed by atoms with E-state index >= 15 is 0 Å². The molecule has 0 spiro atoms. The lowest BCUT2D eigenvalue weighted by Crippen LogP contribution is -2.21. The lowest BCUT2D eigenvalue weighted by molar-refractivity contribution is -0.118. The molecular weight excluding hydrogens is 402 g/mol.